The number of nitrogens with zero attached hydrogens (tertiary/aromatic N) is 3. The van der Waals surface area contributed by atoms with Gasteiger partial charge in [0.25, 0.3) is 11.6 Å². The molecule has 0 saturated heterocycles. The van der Waals surface area contributed by atoms with Gasteiger partial charge in [-0.25, -0.2) is 0 Å². The lowest BCUT2D eigenvalue weighted by molar-refractivity contribution is -0.385. The molecule has 1 amide bonds. The highest BCUT2D eigenvalue weighted by Gasteiger charge is 2.34. The highest BCUT2D eigenvalue weighted by molar-refractivity contribution is 9.10. The number of aryl methyl sites for hydroxylation is 1. The number of hydrogen-bond acceptors (Lipinski definition) is 6. The van der Waals surface area contributed by atoms with Crippen molar-refractivity contribution < 1.29 is 14.2 Å². The maximum atomic E-state index is 13.2. The molecule has 1 aromatic carbocycles. The van der Waals surface area contributed by atoms with E-state index in [1.165, 1.54) is 6.07 Å². The summed E-state index contributed by atoms with van der Waals surface area (Å²) < 4.78 is 5.37. The Kier molecular flexibility index (Phi) is 6.52. The predicted octanol–water partition coefficient (Wildman–Crippen LogP) is 4.21. The molecule has 1 aliphatic heterocycles. The number of amides is 1. The van der Waals surface area contributed by atoms with Crippen LogP contribution in [0.25, 0.3) is 0 Å². The molecule has 2 heterocycles. The molecule has 3 rings (SSSR count). The molecule has 30 heavy (non-hydrogen) atoms. The molecule has 1 aliphatic rings. The number of nitro groups is 1. The fourth-order valence-electron chi connectivity index (χ4n) is 3.28. The summed E-state index contributed by atoms with van der Waals surface area (Å²) in [5, 5.41) is 21.6. The summed E-state index contributed by atoms with van der Waals surface area (Å²) in [5.41, 5.74) is 1.52. The van der Waals surface area contributed by atoms with Gasteiger partial charge in [0.15, 0.2) is 10.9 Å². The first-order valence-electron chi connectivity index (χ1n) is 9.20. The molecule has 0 fully saturated rings. The maximum Gasteiger partial charge on any atom is 0.283 e. The van der Waals surface area contributed by atoms with Gasteiger partial charge < -0.3 is 20.1 Å². The van der Waals surface area contributed by atoms with Gasteiger partial charge in [0.1, 0.15) is 5.76 Å². The number of hydrogen-bond donors (Lipinski definition) is 2. The Morgan fingerprint density at radius 2 is 2.17 bits per heavy atom. The van der Waals surface area contributed by atoms with Crippen molar-refractivity contribution in [3.8, 4) is 0 Å². The Morgan fingerprint density at radius 3 is 2.77 bits per heavy atom. The molecule has 0 radical (unpaired) electrons. The molecule has 1 atom stereocenters. The number of anilines is 1. The minimum atomic E-state index is -0.662. The van der Waals surface area contributed by atoms with E-state index in [1.54, 1.807) is 25.1 Å². The molecule has 158 valence electrons. The minimum absolute atomic E-state index is 0.0965. The number of benzene rings is 1. The van der Waals surface area contributed by atoms with E-state index >= 15 is 0 Å². The largest absolute Gasteiger partial charge is 0.360 e. The second-order valence-electron chi connectivity index (χ2n) is 6.78. The van der Waals surface area contributed by atoms with Crippen LogP contribution in [0.5, 0.6) is 0 Å². The van der Waals surface area contributed by atoms with E-state index in [0.29, 0.717) is 38.7 Å². The van der Waals surface area contributed by atoms with Crippen LogP contribution in [-0.4, -0.2) is 32.5 Å². The monoisotopic (exact) mass is 493 g/mol. The zero-order chi connectivity index (χ0) is 22.0. The average molecular weight is 494 g/mol. The van der Waals surface area contributed by atoms with E-state index in [0.717, 1.165) is 6.42 Å². The first kappa shape index (κ1) is 21.9. The van der Waals surface area contributed by atoms with Crippen molar-refractivity contribution in [1.29, 1.82) is 0 Å². The molecule has 0 bridgehead atoms. The van der Waals surface area contributed by atoms with Crippen LogP contribution in [0.3, 0.4) is 0 Å². The third-order valence-corrected chi connectivity index (χ3v) is 5.67. The minimum Gasteiger partial charge on any atom is -0.360 e. The van der Waals surface area contributed by atoms with E-state index in [-0.39, 0.29) is 11.5 Å². The van der Waals surface area contributed by atoms with E-state index in [4.69, 9.17) is 16.7 Å². The van der Waals surface area contributed by atoms with Gasteiger partial charge in [0, 0.05) is 24.4 Å². The van der Waals surface area contributed by atoms with Gasteiger partial charge in [-0.3, -0.25) is 14.9 Å². The quantitative estimate of drug-likeness (QED) is 0.349. The van der Waals surface area contributed by atoms with Gasteiger partial charge >= 0.3 is 0 Å². The molecule has 1 unspecified atom stereocenters. The topological polar surface area (TPSA) is 114 Å². The lowest BCUT2D eigenvalue weighted by Gasteiger charge is -2.37. The number of aromatic nitrogens is 1. The number of halogens is 1. The van der Waals surface area contributed by atoms with Crippen LogP contribution < -0.4 is 10.6 Å². The second kappa shape index (κ2) is 8.92. The zero-order valence-electron chi connectivity index (χ0n) is 16.6. The van der Waals surface area contributed by atoms with Gasteiger partial charge in [-0.1, -0.05) is 18.1 Å². The Morgan fingerprint density at radius 1 is 1.43 bits per heavy atom. The summed E-state index contributed by atoms with van der Waals surface area (Å²) in [4.78, 5) is 26.0. The molecule has 2 aromatic rings. The highest BCUT2D eigenvalue weighted by atomic mass is 79.9. The standard InChI is InChI=1S/C19H20BrN5O4S/c1-4-7-24-11(3)16(18(26)21-15-8-10(2)29-23-15)17(22-19(24)30)12-5-6-13(20)14(9-12)25(27)28/h5-6,8-9,17H,4,7H2,1-3H3,(H,22,30)(H,21,23,26). The van der Waals surface area contributed by atoms with Gasteiger partial charge in [0.05, 0.1) is 21.0 Å². The van der Waals surface area contributed by atoms with Gasteiger partial charge in [-0.15, -0.1) is 0 Å². The van der Waals surface area contributed by atoms with Crippen LogP contribution in [0.4, 0.5) is 11.5 Å². The summed E-state index contributed by atoms with van der Waals surface area (Å²) in [6.07, 6.45) is 0.824. The van der Waals surface area contributed by atoms with Gasteiger partial charge in [-0.05, 0) is 60.0 Å². The normalized spacial score (nSPS) is 16.5. The number of carbonyl (C=O) groups excluding carboxylic acids is 1. The second-order valence-corrected chi connectivity index (χ2v) is 8.02. The van der Waals surface area contributed by atoms with E-state index in [9.17, 15) is 14.9 Å². The van der Waals surface area contributed by atoms with Crippen molar-refractivity contribution in [2.24, 2.45) is 0 Å². The van der Waals surface area contributed by atoms with E-state index in [1.807, 2.05) is 18.7 Å². The van der Waals surface area contributed by atoms with Gasteiger partial charge in [0.2, 0.25) is 0 Å². The molecule has 2 N–H and O–H groups in total. The summed E-state index contributed by atoms with van der Waals surface area (Å²) >= 11 is 8.70. The number of rotatable bonds is 6. The van der Waals surface area contributed by atoms with Crippen molar-refractivity contribution in [3.05, 3.63) is 61.4 Å². The van der Waals surface area contributed by atoms with Crippen LogP contribution in [0.15, 0.2) is 44.5 Å². The smallest absolute Gasteiger partial charge is 0.283 e. The first-order valence-corrected chi connectivity index (χ1v) is 10.4. The summed E-state index contributed by atoms with van der Waals surface area (Å²) in [6.45, 7) is 6.18. The zero-order valence-corrected chi connectivity index (χ0v) is 19.0. The van der Waals surface area contributed by atoms with Crippen LogP contribution in [0.1, 0.15) is 37.6 Å². The van der Waals surface area contributed by atoms with Crippen LogP contribution in [-0.2, 0) is 4.79 Å². The van der Waals surface area contributed by atoms with E-state index < -0.39 is 16.9 Å². The number of nitrogens with one attached hydrogen (secondary N) is 2. The Balaban J connectivity index is 2.07. The van der Waals surface area contributed by atoms with Crippen LogP contribution in [0, 0.1) is 17.0 Å². The van der Waals surface area contributed by atoms with Crippen molar-refractivity contribution >= 4 is 50.7 Å². The van der Waals surface area contributed by atoms with E-state index in [2.05, 4.69) is 31.7 Å². The predicted molar refractivity (Wildman–Crippen MR) is 119 cm³/mol. The van der Waals surface area contributed by atoms with Crippen molar-refractivity contribution in [3.63, 3.8) is 0 Å². The van der Waals surface area contributed by atoms with Crippen molar-refractivity contribution in [1.82, 2.24) is 15.4 Å². The summed E-state index contributed by atoms with van der Waals surface area (Å²) in [5.74, 6) is 0.452. The first-order chi connectivity index (χ1) is 14.2. The summed E-state index contributed by atoms with van der Waals surface area (Å²) in [6, 6.07) is 5.68. The molecule has 0 spiro atoms. The highest BCUT2D eigenvalue weighted by Crippen LogP contribution is 2.35. The Labute approximate surface area is 186 Å². The number of allylic oxidation sites excluding steroid dienone is 1. The third-order valence-electron chi connectivity index (χ3n) is 4.66. The fraction of sp³-hybridized carbons (Fsp3) is 0.316. The number of carbonyl (C=O) groups is 1. The lowest BCUT2D eigenvalue weighted by Crippen LogP contribution is -2.48. The maximum absolute atomic E-state index is 13.2. The average Bonchev–Trinajstić information content (AvgIpc) is 3.09. The number of nitro benzene ring substituents is 1. The van der Waals surface area contributed by atoms with Crippen LogP contribution in [0.2, 0.25) is 0 Å². The molecular formula is C19H20BrN5O4S. The SMILES string of the molecule is CCCN1C(=S)NC(c2ccc(Br)c([N+](=O)[O-])c2)C(C(=O)Nc2cc(C)on2)=C1C. The number of thiocarbonyl (C=S) groups is 1. The molecule has 11 heteroatoms. The molecule has 9 nitrogen and oxygen atoms in total. The lowest BCUT2D eigenvalue weighted by atomic mass is 9.94. The van der Waals surface area contributed by atoms with Gasteiger partial charge in [-0.2, -0.15) is 0 Å². The molecule has 1 aromatic heterocycles. The van der Waals surface area contributed by atoms with Crippen molar-refractivity contribution in [2.45, 2.75) is 33.2 Å². The molecule has 0 saturated carbocycles. The molecule has 0 aliphatic carbocycles. The summed E-state index contributed by atoms with van der Waals surface area (Å²) in [7, 11) is 0. The molecular weight excluding hydrogens is 474 g/mol. The third kappa shape index (κ3) is 4.36. The Hall–Kier alpha value is -2.79. The van der Waals surface area contributed by atoms with Crippen molar-refractivity contribution in [2.75, 3.05) is 11.9 Å². The fourth-order valence-corrected chi connectivity index (χ4v) is 4.01. The van der Waals surface area contributed by atoms with Crippen LogP contribution >= 0.6 is 28.1 Å². The Bertz CT molecular complexity index is 1050.